The molecule has 0 amide bonds. The number of rotatable bonds is 10. The lowest BCUT2D eigenvalue weighted by Crippen LogP contribution is -2.28. The maximum absolute atomic E-state index is 9.50. The lowest BCUT2D eigenvalue weighted by Gasteiger charge is -2.29. The molecule has 0 heterocycles. The van der Waals surface area contributed by atoms with Crippen molar-refractivity contribution in [2.24, 2.45) is 0 Å². The molecule has 5 rings (SSSR count). The van der Waals surface area contributed by atoms with Gasteiger partial charge in [-0.05, 0) is 93.1 Å². The van der Waals surface area contributed by atoms with Crippen molar-refractivity contribution in [3.63, 3.8) is 0 Å². The predicted molar refractivity (Wildman–Crippen MR) is 174 cm³/mol. The van der Waals surface area contributed by atoms with Crippen LogP contribution in [0.4, 0.5) is 0 Å². The molecule has 2 aliphatic carbocycles. The summed E-state index contributed by atoms with van der Waals surface area (Å²) in [6, 6.07) is 18.4. The van der Waals surface area contributed by atoms with Gasteiger partial charge in [0.1, 0.15) is 18.1 Å². The van der Waals surface area contributed by atoms with Crippen molar-refractivity contribution in [2.75, 3.05) is 27.3 Å². The van der Waals surface area contributed by atoms with Crippen LogP contribution >= 0.6 is 15.9 Å². The van der Waals surface area contributed by atoms with E-state index < -0.39 is 0 Å². The highest BCUT2D eigenvalue weighted by Gasteiger charge is 2.25. The van der Waals surface area contributed by atoms with Crippen molar-refractivity contribution in [1.82, 2.24) is 4.90 Å². The summed E-state index contributed by atoms with van der Waals surface area (Å²) in [7, 11) is 4.24. The lowest BCUT2D eigenvalue weighted by molar-refractivity contribution is 0.00841. The second-order valence-electron chi connectivity index (χ2n) is 11.5. The standard InChI is InChI=1S/C36H40BrNO3/c1-25(38(3)4)33-23-34(28-11-13-29(37)14-12-28)31-7-5-6-8-32(31)35(33)40-24-27-17-20-36(2,21-18-27)41-22-19-26-9-15-30(39)16-10-26/h5-13,15-18,20,23,25,29,39H,14,19,21-22,24H2,1-4H3/t25-,29?,36?/m1/s1. The molecule has 3 aromatic carbocycles. The highest BCUT2D eigenvalue weighted by atomic mass is 79.9. The zero-order valence-corrected chi connectivity index (χ0v) is 26.0. The van der Waals surface area contributed by atoms with Crippen LogP contribution in [0.1, 0.15) is 49.4 Å². The van der Waals surface area contributed by atoms with Gasteiger partial charge in [0.25, 0.3) is 0 Å². The second kappa shape index (κ2) is 12.8. The summed E-state index contributed by atoms with van der Waals surface area (Å²) in [5.41, 5.74) is 5.68. The average Bonchev–Trinajstić information content (AvgIpc) is 2.97. The van der Waals surface area contributed by atoms with E-state index >= 15 is 0 Å². The third kappa shape index (κ3) is 7.03. The van der Waals surface area contributed by atoms with Gasteiger partial charge in [0, 0.05) is 21.8 Å². The molecule has 0 spiro atoms. The molecule has 0 aliphatic heterocycles. The quantitative estimate of drug-likeness (QED) is 0.233. The number of hydrogen-bond acceptors (Lipinski definition) is 4. The van der Waals surface area contributed by atoms with Crippen LogP contribution in [0.3, 0.4) is 0 Å². The smallest absolute Gasteiger partial charge is 0.132 e. The van der Waals surface area contributed by atoms with E-state index in [1.807, 2.05) is 12.1 Å². The Morgan fingerprint density at radius 3 is 2.46 bits per heavy atom. The Morgan fingerprint density at radius 1 is 1.05 bits per heavy atom. The topological polar surface area (TPSA) is 41.9 Å². The van der Waals surface area contributed by atoms with Crippen molar-refractivity contribution in [3.8, 4) is 11.5 Å². The van der Waals surface area contributed by atoms with E-state index in [4.69, 9.17) is 9.47 Å². The number of hydrogen-bond donors (Lipinski definition) is 1. The molecule has 3 aromatic rings. The number of alkyl halides is 1. The minimum atomic E-state index is -0.339. The molecule has 2 aliphatic rings. The number of ether oxygens (including phenoxy) is 2. The third-order valence-corrected chi connectivity index (χ3v) is 8.85. The molecule has 5 heteroatoms. The highest BCUT2D eigenvalue weighted by molar-refractivity contribution is 9.09. The first kappa shape index (κ1) is 29.4. The van der Waals surface area contributed by atoms with Crippen LogP contribution < -0.4 is 4.74 Å². The van der Waals surface area contributed by atoms with Crippen molar-refractivity contribution in [2.45, 2.75) is 49.6 Å². The molecule has 3 atom stereocenters. The average molecular weight is 615 g/mol. The number of fused-ring (bicyclic) bond motifs is 1. The minimum Gasteiger partial charge on any atom is -0.508 e. The molecule has 0 bridgehead atoms. The number of phenols is 1. The molecule has 4 nitrogen and oxygen atoms in total. The third-order valence-electron chi connectivity index (χ3n) is 8.17. The van der Waals surface area contributed by atoms with Gasteiger partial charge in [-0.2, -0.15) is 0 Å². The van der Waals surface area contributed by atoms with E-state index in [0.717, 1.165) is 41.5 Å². The van der Waals surface area contributed by atoms with E-state index in [0.29, 0.717) is 18.0 Å². The monoisotopic (exact) mass is 613 g/mol. The van der Waals surface area contributed by atoms with Gasteiger partial charge >= 0.3 is 0 Å². The molecular formula is C36H40BrNO3. The molecule has 0 saturated carbocycles. The Morgan fingerprint density at radius 2 is 1.80 bits per heavy atom. The van der Waals surface area contributed by atoms with Crippen LogP contribution in [0, 0.1) is 0 Å². The summed E-state index contributed by atoms with van der Waals surface area (Å²) >= 11 is 3.71. The predicted octanol–water partition coefficient (Wildman–Crippen LogP) is 8.56. The first-order valence-corrected chi connectivity index (χ1v) is 15.3. The molecule has 0 aromatic heterocycles. The normalized spacial score (nSPS) is 21.2. The van der Waals surface area contributed by atoms with E-state index in [-0.39, 0.29) is 17.4 Å². The molecule has 1 N–H and O–H groups in total. The summed E-state index contributed by atoms with van der Waals surface area (Å²) in [6.07, 6.45) is 15.9. The van der Waals surface area contributed by atoms with Gasteiger partial charge in [-0.1, -0.05) is 88.8 Å². The summed E-state index contributed by atoms with van der Waals surface area (Å²) in [4.78, 5) is 2.63. The van der Waals surface area contributed by atoms with Gasteiger partial charge in [0.15, 0.2) is 0 Å². The molecule has 2 unspecified atom stereocenters. The van der Waals surface area contributed by atoms with E-state index in [9.17, 15) is 5.11 Å². The Labute approximate surface area is 252 Å². The molecule has 0 fully saturated rings. The van der Waals surface area contributed by atoms with Crippen molar-refractivity contribution in [1.29, 1.82) is 0 Å². The van der Waals surface area contributed by atoms with Crippen LogP contribution in [-0.4, -0.2) is 47.7 Å². The van der Waals surface area contributed by atoms with Crippen molar-refractivity contribution < 1.29 is 14.6 Å². The van der Waals surface area contributed by atoms with Gasteiger partial charge in [-0.15, -0.1) is 0 Å². The number of aromatic hydroxyl groups is 1. The molecule has 0 radical (unpaired) electrons. The number of allylic oxidation sites excluding steroid dienone is 4. The Bertz CT molecular complexity index is 1500. The molecular weight excluding hydrogens is 574 g/mol. The zero-order valence-electron chi connectivity index (χ0n) is 24.4. The van der Waals surface area contributed by atoms with Crippen molar-refractivity contribution >= 4 is 32.3 Å². The number of phenolic OH excluding ortho intramolecular Hbond substituents is 1. The fourth-order valence-corrected chi connectivity index (χ4v) is 5.68. The summed E-state index contributed by atoms with van der Waals surface area (Å²) < 4.78 is 13.0. The summed E-state index contributed by atoms with van der Waals surface area (Å²) in [5.74, 6) is 1.24. The van der Waals surface area contributed by atoms with Gasteiger partial charge < -0.3 is 19.5 Å². The maximum atomic E-state index is 9.50. The highest BCUT2D eigenvalue weighted by Crippen LogP contribution is 2.41. The Kier molecular flexibility index (Phi) is 9.18. The van der Waals surface area contributed by atoms with Crippen molar-refractivity contribution in [3.05, 3.63) is 113 Å². The number of nitrogens with zero attached hydrogens (tertiary/aromatic N) is 1. The van der Waals surface area contributed by atoms with E-state index in [2.05, 4.69) is 116 Å². The Hall–Kier alpha value is -3.12. The molecule has 214 valence electrons. The first-order chi connectivity index (χ1) is 19.7. The summed E-state index contributed by atoms with van der Waals surface area (Å²) in [5, 5.41) is 11.9. The van der Waals surface area contributed by atoms with Gasteiger partial charge in [-0.3, -0.25) is 0 Å². The second-order valence-corrected chi connectivity index (χ2v) is 12.7. The zero-order chi connectivity index (χ0) is 29.0. The summed E-state index contributed by atoms with van der Waals surface area (Å²) in [6.45, 7) is 5.49. The van der Waals surface area contributed by atoms with Crippen LogP contribution in [0.15, 0.2) is 96.6 Å². The van der Waals surface area contributed by atoms with Crippen LogP contribution in [0.5, 0.6) is 11.5 Å². The van der Waals surface area contributed by atoms with E-state index in [1.165, 1.54) is 22.1 Å². The van der Waals surface area contributed by atoms with Crippen LogP contribution in [-0.2, 0) is 11.2 Å². The fourth-order valence-electron chi connectivity index (χ4n) is 5.34. The van der Waals surface area contributed by atoms with Crippen LogP contribution in [0.2, 0.25) is 0 Å². The minimum absolute atomic E-state index is 0.187. The Balaban J connectivity index is 1.33. The first-order valence-electron chi connectivity index (χ1n) is 14.4. The van der Waals surface area contributed by atoms with Gasteiger partial charge in [0.05, 0.1) is 12.2 Å². The van der Waals surface area contributed by atoms with Gasteiger partial charge in [-0.25, -0.2) is 0 Å². The van der Waals surface area contributed by atoms with Gasteiger partial charge in [0.2, 0.25) is 0 Å². The molecule has 41 heavy (non-hydrogen) atoms. The number of benzene rings is 3. The maximum Gasteiger partial charge on any atom is 0.132 e. The lowest BCUT2D eigenvalue weighted by atomic mass is 9.90. The molecule has 0 saturated heterocycles. The van der Waals surface area contributed by atoms with Crippen LogP contribution in [0.25, 0.3) is 16.3 Å². The largest absolute Gasteiger partial charge is 0.508 e. The van der Waals surface area contributed by atoms with E-state index in [1.54, 1.807) is 12.1 Å². The number of halogens is 1. The fraction of sp³-hybridized carbons (Fsp3) is 0.333. The SMILES string of the molecule is C[C@H](c1cc(C2=CCC(Br)C=C2)c2ccccc2c1OCC1=CCC(C)(OCCc2ccc(O)cc2)C=C1)N(C)C.